The Morgan fingerprint density at radius 2 is 1.90 bits per heavy atom. The van der Waals surface area contributed by atoms with Crippen LogP contribution in [0.3, 0.4) is 0 Å². The molecule has 0 saturated heterocycles. The Morgan fingerprint density at radius 1 is 1.19 bits per heavy atom. The lowest BCUT2D eigenvalue weighted by atomic mass is 10.1. The summed E-state index contributed by atoms with van der Waals surface area (Å²) in [5.74, 6) is 0. The fourth-order valence-electron chi connectivity index (χ4n) is 2.41. The zero-order chi connectivity index (χ0) is 15.9. The highest BCUT2D eigenvalue weighted by Crippen LogP contribution is 2.19. The van der Waals surface area contributed by atoms with Crippen molar-refractivity contribution in [1.82, 2.24) is 4.72 Å². The molecule has 0 aliphatic rings. The van der Waals surface area contributed by atoms with Gasteiger partial charge in [0, 0.05) is 12.6 Å². The Kier molecular flexibility index (Phi) is 7.35. The van der Waals surface area contributed by atoms with Crippen molar-refractivity contribution in [2.24, 2.45) is 5.73 Å². The van der Waals surface area contributed by atoms with Crippen LogP contribution < -0.4 is 10.5 Å². The minimum Gasteiger partial charge on any atom is -0.326 e. The summed E-state index contributed by atoms with van der Waals surface area (Å²) < 4.78 is 28.1. The zero-order valence-electron chi connectivity index (χ0n) is 13.4. The van der Waals surface area contributed by atoms with Crippen molar-refractivity contribution < 1.29 is 8.42 Å². The van der Waals surface area contributed by atoms with Crippen LogP contribution in [0.4, 0.5) is 0 Å². The normalized spacial score (nSPS) is 13.3. The number of rotatable bonds is 9. The molecule has 5 heteroatoms. The predicted molar refractivity (Wildman–Crippen MR) is 87.6 cm³/mol. The van der Waals surface area contributed by atoms with Gasteiger partial charge in [-0.15, -0.1) is 0 Å². The van der Waals surface area contributed by atoms with Gasteiger partial charge in [0.1, 0.15) is 0 Å². The number of benzene rings is 1. The van der Waals surface area contributed by atoms with E-state index in [1.54, 1.807) is 6.07 Å². The van der Waals surface area contributed by atoms with Crippen LogP contribution in [-0.4, -0.2) is 14.5 Å². The maximum absolute atomic E-state index is 12.6. The first-order chi connectivity index (χ1) is 9.94. The molecule has 0 bridgehead atoms. The molecule has 21 heavy (non-hydrogen) atoms. The van der Waals surface area contributed by atoms with Crippen LogP contribution in [0.25, 0.3) is 0 Å². The summed E-state index contributed by atoms with van der Waals surface area (Å²) in [6.45, 7) is 6.35. The van der Waals surface area contributed by atoms with E-state index in [-0.39, 0.29) is 6.04 Å². The molecular formula is C16H28N2O2S. The Morgan fingerprint density at radius 3 is 2.48 bits per heavy atom. The SMILES string of the molecule is CCCCC(CCC)NS(=O)(=O)c1cc(CN)ccc1C. The molecule has 1 atom stereocenters. The van der Waals surface area contributed by atoms with Gasteiger partial charge in [0.15, 0.2) is 0 Å². The third kappa shape index (κ3) is 5.41. The molecule has 120 valence electrons. The summed E-state index contributed by atoms with van der Waals surface area (Å²) in [6.07, 6.45) is 4.84. The van der Waals surface area contributed by atoms with Gasteiger partial charge < -0.3 is 5.73 Å². The van der Waals surface area contributed by atoms with Crippen LogP contribution in [0.2, 0.25) is 0 Å². The van der Waals surface area contributed by atoms with Crippen LogP contribution in [0.1, 0.15) is 57.1 Å². The molecule has 0 radical (unpaired) electrons. The fourth-order valence-corrected chi connectivity index (χ4v) is 4.01. The van der Waals surface area contributed by atoms with E-state index in [1.165, 1.54) is 0 Å². The van der Waals surface area contributed by atoms with Gasteiger partial charge in [0.05, 0.1) is 4.90 Å². The zero-order valence-corrected chi connectivity index (χ0v) is 14.2. The Labute approximate surface area is 129 Å². The van der Waals surface area contributed by atoms with E-state index in [2.05, 4.69) is 18.6 Å². The van der Waals surface area contributed by atoms with E-state index in [1.807, 2.05) is 19.1 Å². The number of unbranched alkanes of at least 4 members (excludes halogenated alkanes) is 1. The van der Waals surface area contributed by atoms with Gasteiger partial charge in [-0.2, -0.15) is 0 Å². The lowest BCUT2D eigenvalue weighted by molar-refractivity contribution is 0.483. The number of aryl methyl sites for hydroxylation is 1. The maximum Gasteiger partial charge on any atom is 0.241 e. The first-order valence-electron chi connectivity index (χ1n) is 7.76. The highest BCUT2D eigenvalue weighted by Gasteiger charge is 2.21. The molecule has 0 aliphatic carbocycles. The molecule has 0 spiro atoms. The van der Waals surface area contributed by atoms with Crippen LogP contribution >= 0.6 is 0 Å². The van der Waals surface area contributed by atoms with Crippen molar-refractivity contribution >= 4 is 10.0 Å². The van der Waals surface area contributed by atoms with Crippen molar-refractivity contribution in [3.63, 3.8) is 0 Å². The molecule has 0 saturated carbocycles. The van der Waals surface area contributed by atoms with Crippen molar-refractivity contribution in [1.29, 1.82) is 0 Å². The average molecular weight is 312 g/mol. The summed E-state index contributed by atoms with van der Waals surface area (Å²) in [7, 11) is -3.48. The topological polar surface area (TPSA) is 72.2 Å². The van der Waals surface area contributed by atoms with Gasteiger partial charge in [-0.3, -0.25) is 0 Å². The highest BCUT2D eigenvalue weighted by atomic mass is 32.2. The maximum atomic E-state index is 12.6. The van der Waals surface area contributed by atoms with Crippen LogP contribution in [0.15, 0.2) is 23.1 Å². The van der Waals surface area contributed by atoms with Crippen molar-refractivity contribution in [2.75, 3.05) is 0 Å². The second-order valence-electron chi connectivity index (χ2n) is 5.55. The second-order valence-corrected chi connectivity index (χ2v) is 7.24. The molecule has 0 aliphatic heterocycles. The van der Waals surface area contributed by atoms with Gasteiger partial charge >= 0.3 is 0 Å². The number of hydrogen-bond acceptors (Lipinski definition) is 3. The minimum absolute atomic E-state index is 0.0147. The second kappa shape index (κ2) is 8.51. The number of nitrogens with one attached hydrogen (secondary N) is 1. The summed E-state index contributed by atoms with van der Waals surface area (Å²) in [5, 5.41) is 0. The fraction of sp³-hybridized carbons (Fsp3) is 0.625. The largest absolute Gasteiger partial charge is 0.326 e. The summed E-state index contributed by atoms with van der Waals surface area (Å²) >= 11 is 0. The van der Waals surface area contributed by atoms with E-state index >= 15 is 0 Å². The van der Waals surface area contributed by atoms with Gasteiger partial charge in [-0.1, -0.05) is 45.2 Å². The van der Waals surface area contributed by atoms with Gasteiger partial charge in [-0.05, 0) is 37.0 Å². The Bertz CT molecular complexity index is 541. The molecule has 1 rings (SSSR count). The Hall–Kier alpha value is -0.910. The summed E-state index contributed by atoms with van der Waals surface area (Å²) in [5.41, 5.74) is 7.20. The highest BCUT2D eigenvalue weighted by molar-refractivity contribution is 7.89. The lowest BCUT2D eigenvalue weighted by Crippen LogP contribution is -2.35. The molecule has 0 heterocycles. The van der Waals surface area contributed by atoms with E-state index in [0.29, 0.717) is 11.4 Å². The van der Waals surface area contributed by atoms with E-state index in [0.717, 1.165) is 43.2 Å². The predicted octanol–water partition coefficient (Wildman–Crippen LogP) is 3.09. The molecule has 0 aromatic heterocycles. The number of nitrogens with two attached hydrogens (primary N) is 1. The average Bonchev–Trinajstić information content (AvgIpc) is 2.45. The Balaban J connectivity index is 2.98. The van der Waals surface area contributed by atoms with Crippen LogP contribution in [0, 0.1) is 6.92 Å². The van der Waals surface area contributed by atoms with Gasteiger partial charge in [0.2, 0.25) is 10.0 Å². The molecule has 4 nitrogen and oxygen atoms in total. The molecular weight excluding hydrogens is 284 g/mol. The van der Waals surface area contributed by atoms with Crippen molar-refractivity contribution in [3.05, 3.63) is 29.3 Å². The van der Waals surface area contributed by atoms with Crippen molar-refractivity contribution in [2.45, 2.75) is 70.4 Å². The summed E-state index contributed by atoms with van der Waals surface area (Å²) in [6, 6.07) is 5.38. The number of hydrogen-bond donors (Lipinski definition) is 2. The van der Waals surface area contributed by atoms with E-state index in [9.17, 15) is 8.42 Å². The lowest BCUT2D eigenvalue weighted by Gasteiger charge is -2.19. The quantitative estimate of drug-likeness (QED) is 0.736. The third-order valence-corrected chi connectivity index (χ3v) is 5.31. The van der Waals surface area contributed by atoms with Gasteiger partial charge in [0.25, 0.3) is 0 Å². The first kappa shape index (κ1) is 18.1. The molecule has 0 amide bonds. The van der Waals surface area contributed by atoms with Gasteiger partial charge in [-0.25, -0.2) is 13.1 Å². The summed E-state index contributed by atoms with van der Waals surface area (Å²) in [4.78, 5) is 0.350. The number of sulfonamides is 1. The molecule has 1 unspecified atom stereocenters. The van der Waals surface area contributed by atoms with E-state index < -0.39 is 10.0 Å². The molecule has 0 fully saturated rings. The first-order valence-corrected chi connectivity index (χ1v) is 9.24. The van der Waals surface area contributed by atoms with Crippen LogP contribution in [0.5, 0.6) is 0 Å². The molecule has 1 aromatic carbocycles. The van der Waals surface area contributed by atoms with Crippen molar-refractivity contribution in [3.8, 4) is 0 Å². The van der Waals surface area contributed by atoms with Crippen LogP contribution in [-0.2, 0) is 16.6 Å². The molecule has 3 N–H and O–H groups in total. The smallest absolute Gasteiger partial charge is 0.241 e. The monoisotopic (exact) mass is 312 g/mol. The minimum atomic E-state index is -3.48. The van der Waals surface area contributed by atoms with E-state index in [4.69, 9.17) is 5.73 Å². The molecule has 1 aromatic rings. The third-order valence-electron chi connectivity index (χ3n) is 3.64. The standard InChI is InChI=1S/C16H28N2O2S/c1-4-6-8-15(7-5-2)18-21(19,20)16-11-14(12-17)10-9-13(16)3/h9-11,15,18H,4-8,12,17H2,1-3H3.